The van der Waals surface area contributed by atoms with Crippen molar-refractivity contribution in [1.29, 1.82) is 0 Å². The zero-order valence-electron chi connectivity index (χ0n) is 10.6. The third-order valence-corrected chi connectivity index (χ3v) is 3.09. The van der Waals surface area contributed by atoms with Crippen LogP contribution in [-0.4, -0.2) is 11.1 Å². The molecule has 0 aliphatic carbocycles. The van der Waals surface area contributed by atoms with Gasteiger partial charge in [-0.25, -0.2) is 0 Å². The van der Waals surface area contributed by atoms with Gasteiger partial charge in [-0.1, -0.05) is 32.0 Å². The Morgan fingerprint density at radius 3 is 2.24 bits per heavy atom. The van der Waals surface area contributed by atoms with Gasteiger partial charge in [0.1, 0.15) is 0 Å². The van der Waals surface area contributed by atoms with Gasteiger partial charge in [-0.2, -0.15) is 0 Å². The maximum atomic E-state index is 10.6. The third-order valence-electron chi connectivity index (χ3n) is 3.09. The molecule has 0 saturated heterocycles. The zero-order valence-corrected chi connectivity index (χ0v) is 10.6. The van der Waals surface area contributed by atoms with Crippen molar-refractivity contribution >= 4 is 5.97 Å². The number of nitrogens with two attached hydrogens (primary N) is 1. The molecule has 1 atom stereocenters. The number of hydrogen-bond donors (Lipinski definition) is 2. The van der Waals surface area contributed by atoms with Crippen molar-refractivity contribution in [3.05, 3.63) is 34.9 Å². The Hall–Kier alpha value is -1.35. The fourth-order valence-electron chi connectivity index (χ4n) is 2.18. The molecule has 0 heterocycles. The first-order chi connectivity index (χ1) is 8.10. The molecule has 94 valence electrons. The summed E-state index contributed by atoms with van der Waals surface area (Å²) in [4.78, 5) is 10.6. The average Bonchev–Trinajstić information content (AvgIpc) is 2.34. The molecule has 1 aromatic rings. The van der Waals surface area contributed by atoms with Gasteiger partial charge in [-0.15, -0.1) is 0 Å². The highest BCUT2D eigenvalue weighted by atomic mass is 16.4. The summed E-state index contributed by atoms with van der Waals surface area (Å²) in [6.07, 6.45) is 2.50. The number of aryl methyl sites for hydroxylation is 2. The second kappa shape index (κ2) is 6.40. The maximum absolute atomic E-state index is 10.6. The molecule has 0 aliphatic heterocycles. The minimum absolute atomic E-state index is 0.127. The van der Waals surface area contributed by atoms with E-state index in [4.69, 9.17) is 10.8 Å². The largest absolute Gasteiger partial charge is 0.481 e. The first kappa shape index (κ1) is 13.7. The predicted molar refractivity (Wildman–Crippen MR) is 69.0 cm³/mol. The van der Waals surface area contributed by atoms with Crippen LogP contribution in [-0.2, 0) is 17.6 Å². The molecular weight excluding hydrogens is 214 g/mol. The fraction of sp³-hybridized carbons (Fsp3) is 0.500. The molecule has 0 spiro atoms. The number of aliphatic carboxylic acids is 1. The smallest absolute Gasteiger partial charge is 0.303 e. The highest BCUT2D eigenvalue weighted by Crippen LogP contribution is 2.25. The van der Waals surface area contributed by atoms with Crippen molar-refractivity contribution in [3.63, 3.8) is 0 Å². The average molecular weight is 235 g/mol. The Balaban J connectivity index is 2.96. The molecule has 17 heavy (non-hydrogen) atoms. The van der Waals surface area contributed by atoms with Crippen LogP contribution in [0.4, 0.5) is 0 Å². The van der Waals surface area contributed by atoms with Crippen molar-refractivity contribution in [2.45, 2.75) is 45.6 Å². The monoisotopic (exact) mass is 235 g/mol. The van der Waals surface area contributed by atoms with E-state index < -0.39 is 5.97 Å². The highest BCUT2D eigenvalue weighted by molar-refractivity contribution is 5.66. The molecule has 1 aromatic carbocycles. The molecule has 1 unspecified atom stereocenters. The Bertz CT molecular complexity index is 366. The third kappa shape index (κ3) is 3.56. The predicted octanol–water partition coefficient (Wildman–Crippen LogP) is 2.68. The summed E-state index contributed by atoms with van der Waals surface area (Å²) >= 11 is 0. The molecule has 0 fully saturated rings. The van der Waals surface area contributed by atoms with E-state index in [9.17, 15) is 4.79 Å². The number of carbonyl (C=O) groups is 1. The first-order valence-electron chi connectivity index (χ1n) is 6.18. The normalized spacial score (nSPS) is 12.4. The molecule has 0 amide bonds. The lowest BCUT2D eigenvalue weighted by Crippen LogP contribution is -2.16. The highest BCUT2D eigenvalue weighted by Gasteiger charge is 2.15. The van der Waals surface area contributed by atoms with Gasteiger partial charge in [0.15, 0.2) is 0 Å². The minimum atomic E-state index is -0.785. The molecule has 0 radical (unpaired) electrons. The second-order valence-corrected chi connectivity index (χ2v) is 4.24. The van der Waals surface area contributed by atoms with Gasteiger partial charge in [-0.05, 0) is 36.0 Å². The Labute approximate surface area is 103 Å². The number of hydrogen-bond acceptors (Lipinski definition) is 2. The van der Waals surface area contributed by atoms with Crippen LogP contribution in [0.15, 0.2) is 18.2 Å². The van der Waals surface area contributed by atoms with Crippen LogP contribution in [0.25, 0.3) is 0 Å². The van der Waals surface area contributed by atoms with Crippen molar-refractivity contribution in [1.82, 2.24) is 0 Å². The minimum Gasteiger partial charge on any atom is -0.481 e. The number of carboxylic acid groups (broad SMARTS) is 1. The summed E-state index contributed by atoms with van der Waals surface area (Å²) in [6, 6.07) is 6.03. The van der Waals surface area contributed by atoms with Crippen molar-refractivity contribution in [2.75, 3.05) is 0 Å². The van der Waals surface area contributed by atoms with Crippen molar-refractivity contribution < 1.29 is 9.90 Å². The van der Waals surface area contributed by atoms with Gasteiger partial charge in [-0.3, -0.25) is 4.79 Å². The summed E-state index contributed by atoms with van der Waals surface area (Å²) in [6.45, 7) is 4.20. The molecule has 0 bridgehead atoms. The lowest BCUT2D eigenvalue weighted by molar-refractivity contribution is -0.137. The topological polar surface area (TPSA) is 63.3 Å². The van der Waals surface area contributed by atoms with Crippen molar-refractivity contribution in [2.24, 2.45) is 5.73 Å². The molecule has 1 rings (SSSR count). The van der Waals surface area contributed by atoms with Crippen molar-refractivity contribution in [3.8, 4) is 0 Å². The molecular formula is C14H21NO2. The summed E-state index contributed by atoms with van der Waals surface area (Å²) in [7, 11) is 0. The van der Waals surface area contributed by atoms with Gasteiger partial charge in [0.05, 0.1) is 0 Å². The lowest BCUT2D eigenvalue weighted by atomic mass is 9.90. The Morgan fingerprint density at radius 2 is 1.82 bits per heavy atom. The SMILES string of the molecule is CCc1cccc(CC)c1C(N)CCC(=O)O. The molecule has 3 N–H and O–H groups in total. The molecule has 3 heteroatoms. The van der Waals surface area contributed by atoms with E-state index in [0.717, 1.165) is 18.4 Å². The van der Waals surface area contributed by atoms with E-state index in [1.54, 1.807) is 0 Å². The number of benzene rings is 1. The molecule has 0 saturated carbocycles. The van der Waals surface area contributed by atoms with E-state index >= 15 is 0 Å². The van der Waals surface area contributed by atoms with E-state index in [1.165, 1.54) is 11.1 Å². The Morgan fingerprint density at radius 1 is 1.29 bits per heavy atom. The van der Waals surface area contributed by atoms with Crippen LogP contribution in [0, 0.1) is 0 Å². The van der Waals surface area contributed by atoms with E-state index in [-0.39, 0.29) is 12.5 Å². The molecule has 0 aromatic heterocycles. The van der Waals surface area contributed by atoms with Crippen LogP contribution in [0.5, 0.6) is 0 Å². The van der Waals surface area contributed by atoms with Gasteiger partial charge in [0.2, 0.25) is 0 Å². The zero-order chi connectivity index (χ0) is 12.8. The van der Waals surface area contributed by atoms with Gasteiger partial charge < -0.3 is 10.8 Å². The Kier molecular flexibility index (Phi) is 5.16. The first-order valence-corrected chi connectivity index (χ1v) is 6.18. The molecule has 3 nitrogen and oxygen atoms in total. The van der Waals surface area contributed by atoms with Crippen LogP contribution in [0.2, 0.25) is 0 Å². The molecule has 0 aliphatic rings. The van der Waals surface area contributed by atoms with Crippen LogP contribution in [0.1, 0.15) is 49.4 Å². The fourth-order valence-corrected chi connectivity index (χ4v) is 2.18. The van der Waals surface area contributed by atoms with Gasteiger partial charge in [0, 0.05) is 12.5 Å². The van der Waals surface area contributed by atoms with Gasteiger partial charge in [0.25, 0.3) is 0 Å². The van der Waals surface area contributed by atoms with Crippen LogP contribution in [0.3, 0.4) is 0 Å². The lowest BCUT2D eigenvalue weighted by Gasteiger charge is -2.19. The summed E-state index contributed by atoms with van der Waals surface area (Å²) in [5, 5.41) is 8.71. The van der Waals surface area contributed by atoms with E-state index in [1.807, 2.05) is 6.07 Å². The van der Waals surface area contributed by atoms with Gasteiger partial charge >= 0.3 is 5.97 Å². The van der Waals surface area contributed by atoms with E-state index in [0.29, 0.717) is 6.42 Å². The quantitative estimate of drug-likeness (QED) is 0.796. The summed E-state index contributed by atoms with van der Waals surface area (Å²) < 4.78 is 0. The number of carboxylic acids is 1. The maximum Gasteiger partial charge on any atom is 0.303 e. The summed E-state index contributed by atoms with van der Waals surface area (Å²) in [5.41, 5.74) is 9.76. The van der Waals surface area contributed by atoms with E-state index in [2.05, 4.69) is 26.0 Å². The second-order valence-electron chi connectivity index (χ2n) is 4.24. The summed E-state index contributed by atoms with van der Waals surface area (Å²) in [5.74, 6) is -0.785. The number of rotatable bonds is 6. The standard InChI is InChI=1S/C14H21NO2/c1-3-10-6-5-7-11(4-2)14(10)12(15)8-9-13(16)17/h5-7,12H,3-4,8-9,15H2,1-2H3,(H,16,17). The van der Waals surface area contributed by atoms with Crippen LogP contribution < -0.4 is 5.73 Å². The van der Waals surface area contributed by atoms with Crippen LogP contribution >= 0.6 is 0 Å².